The lowest BCUT2D eigenvalue weighted by molar-refractivity contribution is -0.0585. The van der Waals surface area contributed by atoms with Crippen molar-refractivity contribution in [3.05, 3.63) is 53.5 Å². The van der Waals surface area contributed by atoms with Crippen LogP contribution in [-0.4, -0.2) is 89.9 Å². The van der Waals surface area contributed by atoms with Gasteiger partial charge in [0, 0.05) is 38.1 Å². The van der Waals surface area contributed by atoms with Crippen molar-refractivity contribution >= 4 is 16.8 Å². The third-order valence-corrected chi connectivity index (χ3v) is 9.24. The molecule has 0 aliphatic carbocycles. The van der Waals surface area contributed by atoms with E-state index in [1.807, 2.05) is 24.9 Å². The standard InChI is InChI=1S/C33H43FN4O4/c1-21(2)30(9-10-31-41-13-14-42-31)37-18-23(19-37)15-24-5-7-27(29-17-35-36(4)32(24)29)26-8-6-25(34)16-28(26)33(39)38-11-12-40-20-22(38)3/h5-8,16-17,21-23,30-31H,9-15,18-20H2,1-4H3/t22-,30+/m1/s1. The number of hydrogen-bond donors (Lipinski definition) is 0. The minimum atomic E-state index is -0.417. The van der Waals surface area contributed by atoms with E-state index in [1.165, 1.54) is 17.7 Å². The number of hydrogen-bond acceptors (Lipinski definition) is 6. The van der Waals surface area contributed by atoms with Crippen LogP contribution in [-0.2, 0) is 27.7 Å². The van der Waals surface area contributed by atoms with Gasteiger partial charge in [-0.05, 0) is 66.8 Å². The molecule has 6 rings (SSSR count). The van der Waals surface area contributed by atoms with Gasteiger partial charge in [-0.1, -0.05) is 32.0 Å². The molecule has 3 aromatic rings. The van der Waals surface area contributed by atoms with E-state index < -0.39 is 5.82 Å². The number of rotatable bonds is 9. The van der Waals surface area contributed by atoms with Crippen LogP contribution in [0, 0.1) is 17.7 Å². The Labute approximate surface area is 247 Å². The Morgan fingerprint density at radius 1 is 1.10 bits per heavy atom. The number of morpholine rings is 1. The van der Waals surface area contributed by atoms with Crippen molar-refractivity contribution in [1.29, 1.82) is 0 Å². The molecular formula is C33H43FN4O4. The highest BCUT2D eigenvalue weighted by atomic mass is 19.1. The van der Waals surface area contributed by atoms with Crippen molar-refractivity contribution in [3.8, 4) is 11.1 Å². The Kier molecular flexibility index (Phi) is 8.63. The number of benzene rings is 2. The molecular weight excluding hydrogens is 535 g/mol. The summed E-state index contributed by atoms with van der Waals surface area (Å²) in [5.74, 6) is 0.560. The summed E-state index contributed by atoms with van der Waals surface area (Å²) in [6.07, 6.45) is 4.82. The van der Waals surface area contributed by atoms with Gasteiger partial charge in [0.05, 0.1) is 49.7 Å². The summed E-state index contributed by atoms with van der Waals surface area (Å²) in [6, 6.07) is 9.25. The van der Waals surface area contributed by atoms with Crippen LogP contribution in [0.15, 0.2) is 36.5 Å². The van der Waals surface area contributed by atoms with E-state index in [0.717, 1.165) is 54.4 Å². The van der Waals surface area contributed by atoms with Crippen molar-refractivity contribution in [1.82, 2.24) is 19.6 Å². The molecule has 1 aromatic heterocycles. The number of aromatic nitrogens is 2. The lowest BCUT2D eigenvalue weighted by atomic mass is 9.85. The first-order valence-corrected chi connectivity index (χ1v) is 15.4. The Bertz CT molecular complexity index is 1410. The van der Waals surface area contributed by atoms with Crippen LogP contribution >= 0.6 is 0 Å². The van der Waals surface area contributed by atoms with Gasteiger partial charge in [-0.3, -0.25) is 14.4 Å². The monoisotopic (exact) mass is 578 g/mol. The largest absolute Gasteiger partial charge is 0.377 e. The summed E-state index contributed by atoms with van der Waals surface area (Å²) in [7, 11) is 1.97. The van der Waals surface area contributed by atoms with Gasteiger partial charge in [-0.2, -0.15) is 5.10 Å². The number of amides is 1. The number of nitrogens with zero attached hydrogens (tertiary/aromatic N) is 4. The molecule has 0 N–H and O–H groups in total. The third kappa shape index (κ3) is 5.84. The van der Waals surface area contributed by atoms with Crippen molar-refractivity contribution in [2.45, 2.75) is 58.4 Å². The van der Waals surface area contributed by atoms with E-state index in [0.29, 0.717) is 56.4 Å². The topological polar surface area (TPSA) is 69.1 Å². The van der Waals surface area contributed by atoms with Crippen molar-refractivity contribution in [2.24, 2.45) is 18.9 Å². The Morgan fingerprint density at radius 2 is 1.86 bits per heavy atom. The molecule has 9 heteroatoms. The molecule has 3 saturated heterocycles. The third-order valence-electron chi connectivity index (χ3n) is 9.24. The van der Waals surface area contributed by atoms with Gasteiger partial charge in [0.2, 0.25) is 0 Å². The highest BCUT2D eigenvalue weighted by molar-refractivity contribution is 6.06. The molecule has 2 atom stereocenters. The van der Waals surface area contributed by atoms with E-state index in [4.69, 9.17) is 14.2 Å². The highest BCUT2D eigenvalue weighted by Crippen LogP contribution is 2.36. The van der Waals surface area contributed by atoms with Crippen LogP contribution in [0.4, 0.5) is 4.39 Å². The van der Waals surface area contributed by atoms with Crippen LogP contribution in [0.2, 0.25) is 0 Å². The zero-order valence-electron chi connectivity index (χ0n) is 25.2. The quantitative estimate of drug-likeness (QED) is 0.360. The average molecular weight is 579 g/mol. The summed E-state index contributed by atoms with van der Waals surface area (Å²) in [5.41, 5.74) is 4.34. The summed E-state index contributed by atoms with van der Waals surface area (Å²) < 4.78 is 33.3. The van der Waals surface area contributed by atoms with Crippen LogP contribution in [0.5, 0.6) is 0 Å². The van der Waals surface area contributed by atoms with Gasteiger partial charge in [0.15, 0.2) is 6.29 Å². The number of aryl methyl sites for hydroxylation is 1. The molecule has 226 valence electrons. The lowest BCUT2D eigenvalue weighted by Gasteiger charge is -2.46. The summed E-state index contributed by atoms with van der Waals surface area (Å²) in [5, 5.41) is 5.60. The molecule has 4 heterocycles. The second-order valence-electron chi connectivity index (χ2n) is 12.5. The first-order valence-electron chi connectivity index (χ1n) is 15.4. The van der Waals surface area contributed by atoms with Crippen molar-refractivity contribution in [3.63, 3.8) is 0 Å². The molecule has 2 aromatic carbocycles. The molecule has 0 unspecified atom stereocenters. The molecule has 0 spiro atoms. The zero-order valence-corrected chi connectivity index (χ0v) is 25.2. The first kappa shape index (κ1) is 29.2. The number of carbonyl (C=O) groups excluding carboxylic acids is 1. The zero-order chi connectivity index (χ0) is 29.4. The minimum Gasteiger partial charge on any atom is -0.377 e. The average Bonchev–Trinajstić information content (AvgIpc) is 3.62. The number of carbonyl (C=O) groups is 1. The second kappa shape index (κ2) is 12.4. The maximum Gasteiger partial charge on any atom is 0.254 e. The predicted octanol–water partition coefficient (Wildman–Crippen LogP) is 4.89. The smallest absolute Gasteiger partial charge is 0.254 e. The maximum absolute atomic E-state index is 14.5. The van der Waals surface area contributed by atoms with E-state index in [2.05, 4.69) is 36.0 Å². The maximum atomic E-state index is 14.5. The van der Waals surface area contributed by atoms with Crippen molar-refractivity contribution in [2.75, 3.05) is 46.1 Å². The van der Waals surface area contributed by atoms with Gasteiger partial charge in [-0.15, -0.1) is 0 Å². The molecule has 8 nitrogen and oxygen atoms in total. The molecule has 0 bridgehead atoms. The first-order chi connectivity index (χ1) is 20.3. The highest BCUT2D eigenvalue weighted by Gasteiger charge is 2.35. The minimum absolute atomic E-state index is 0.0471. The number of halogens is 1. The van der Waals surface area contributed by atoms with Gasteiger partial charge >= 0.3 is 0 Å². The number of fused-ring (bicyclic) bond motifs is 1. The second-order valence-corrected chi connectivity index (χ2v) is 12.5. The molecule has 3 aliphatic rings. The molecule has 3 aliphatic heterocycles. The molecule has 0 radical (unpaired) electrons. The summed E-state index contributed by atoms with van der Waals surface area (Å²) in [6.45, 7) is 11.6. The number of likely N-dealkylation sites (tertiary alicyclic amines) is 1. The number of ether oxygens (including phenoxy) is 3. The summed E-state index contributed by atoms with van der Waals surface area (Å²) >= 11 is 0. The molecule has 0 saturated carbocycles. The fourth-order valence-corrected chi connectivity index (χ4v) is 7.02. The van der Waals surface area contributed by atoms with E-state index in [-0.39, 0.29) is 18.2 Å². The van der Waals surface area contributed by atoms with E-state index in [9.17, 15) is 9.18 Å². The van der Waals surface area contributed by atoms with E-state index >= 15 is 0 Å². The van der Waals surface area contributed by atoms with Crippen LogP contribution in [0.25, 0.3) is 22.0 Å². The summed E-state index contributed by atoms with van der Waals surface area (Å²) in [4.78, 5) is 18.1. The van der Waals surface area contributed by atoms with Crippen LogP contribution in [0.3, 0.4) is 0 Å². The lowest BCUT2D eigenvalue weighted by Crippen LogP contribution is -2.54. The van der Waals surface area contributed by atoms with Gasteiger partial charge in [0.1, 0.15) is 5.82 Å². The van der Waals surface area contributed by atoms with Crippen LogP contribution < -0.4 is 0 Å². The van der Waals surface area contributed by atoms with Crippen LogP contribution in [0.1, 0.15) is 49.5 Å². The fraction of sp³-hybridized carbons (Fsp3) is 0.576. The Morgan fingerprint density at radius 3 is 2.60 bits per heavy atom. The molecule has 3 fully saturated rings. The van der Waals surface area contributed by atoms with Gasteiger partial charge in [0.25, 0.3) is 5.91 Å². The Hall–Kier alpha value is -2.85. The molecule has 1 amide bonds. The van der Waals surface area contributed by atoms with Crippen molar-refractivity contribution < 1.29 is 23.4 Å². The SMILES string of the molecule is CC(C)[C@H](CCC1OCCO1)N1CC(Cc2ccc(-c3ccc(F)cc3C(=O)N3CCOC[C@H]3C)c3cnn(C)c23)C1. The van der Waals surface area contributed by atoms with Gasteiger partial charge in [-0.25, -0.2) is 4.39 Å². The predicted molar refractivity (Wildman–Crippen MR) is 160 cm³/mol. The fourth-order valence-electron chi connectivity index (χ4n) is 7.02. The normalized spacial score (nSPS) is 21.4. The van der Waals surface area contributed by atoms with E-state index in [1.54, 1.807) is 11.0 Å². The Balaban J connectivity index is 1.21. The van der Waals surface area contributed by atoms with Gasteiger partial charge < -0.3 is 19.1 Å². The molecule has 42 heavy (non-hydrogen) atoms.